The molecule has 0 aromatic heterocycles. The molecule has 2 atom stereocenters. The van der Waals surface area contributed by atoms with Crippen molar-refractivity contribution in [3.8, 4) is 5.75 Å². The molecule has 0 radical (unpaired) electrons. The first-order valence-corrected chi connectivity index (χ1v) is 6.36. The first-order chi connectivity index (χ1) is 7.84. The summed E-state index contributed by atoms with van der Waals surface area (Å²) in [5, 5.41) is 0. The van der Waals surface area contributed by atoms with E-state index >= 15 is 0 Å². The molecule has 86 valence electrons. The molecule has 1 aliphatic carbocycles. The second-order valence-electron chi connectivity index (χ2n) is 5.08. The van der Waals surface area contributed by atoms with Crippen LogP contribution in [0.1, 0.15) is 43.7 Å². The zero-order valence-electron chi connectivity index (χ0n) is 9.56. The van der Waals surface area contributed by atoms with Gasteiger partial charge in [0.2, 0.25) is 0 Å². The highest BCUT2D eigenvalue weighted by Gasteiger charge is 2.32. The Morgan fingerprint density at radius 3 is 2.69 bits per heavy atom. The normalized spacial score (nSPS) is 29.8. The molecule has 1 unspecified atom stereocenters. The molecule has 0 bridgehead atoms. The molecular formula is C14H19NO. The predicted octanol–water partition coefficient (Wildman–Crippen LogP) is 3.03. The Bertz CT molecular complexity index is 371. The van der Waals surface area contributed by atoms with Crippen LogP contribution in [0.2, 0.25) is 0 Å². The van der Waals surface area contributed by atoms with Crippen LogP contribution in [-0.2, 0) is 0 Å². The Labute approximate surface area is 96.8 Å². The number of para-hydroxylation sites is 1. The largest absolute Gasteiger partial charge is 0.490 e. The van der Waals surface area contributed by atoms with Crippen molar-refractivity contribution in [2.24, 2.45) is 11.7 Å². The summed E-state index contributed by atoms with van der Waals surface area (Å²) in [6.45, 7) is 0. The highest BCUT2D eigenvalue weighted by atomic mass is 16.5. The first-order valence-electron chi connectivity index (χ1n) is 6.36. The summed E-state index contributed by atoms with van der Waals surface area (Å²) >= 11 is 0. The molecule has 0 amide bonds. The minimum Gasteiger partial charge on any atom is -0.490 e. The first kappa shape index (κ1) is 10.2. The van der Waals surface area contributed by atoms with Gasteiger partial charge in [-0.3, -0.25) is 0 Å². The molecule has 1 aromatic rings. The number of ether oxygens (including phenoxy) is 1. The Hall–Kier alpha value is -1.02. The highest BCUT2D eigenvalue weighted by Crippen LogP contribution is 2.39. The molecule has 1 saturated carbocycles. The third-order valence-electron chi connectivity index (χ3n) is 4.01. The van der Waals surface area contributed by atoms with E-state index in [1.165, 1.54) is 31.2 Å². The Morgan fingerprint density at radius 1 is 1.12 bits per heavy atom. The van der Waals surface area contributed by atoms with Crippen molar-refractivity contribution < 1.29 is 4.74 Å². The Balaban J connectivity index is 1.83. The van der Waals surface area contributed by atoms with Gasteiger partial charge in [0.15, 0.2) is 0 Å². The lowest BCUT2D eigenvalue weighted by atomic mass is 9.89. The van der Waals surface area contributed by atoms with E-state index in [1.54, 1.807) is 0 Å². The quantitative estimate of drug-likeness (QED) is 0.784. The molecule has 0 saturated heterocycles. The summed E-state index contributed by atoms with van der Waals surface area (Å²) in [5.74, 6) is 1.75. The number of fused-ring (bicyclic) bond motifs is 1. The van der Waals surface area contributed by atoms with Crippen molar-refractivity contribution in [3.63, 3.8) is 0 Å². The van der Waals surface area contributed by atoms with Crippen LogP contribution in [0.3, 0.4) is 0 Å². The van der Waals surface area contributed by atoms with E-state index in [2.05, 4.69) is 12.1 Å². The molecule has 16 heavy (non-hydrogen) atoms. The van der Waals surface area contributed by atoms with Crippen LogP contribution in [0.4, 0.5) is 0 Å². The summed E-state index contributed by atoms with van der Waals surface area (Å²) < 4.78 is 6.11. The molecule has 2 nitrogen and oxygen atoms in total. The summed E-state index contributed by atoms with van der Waals surface area (Å²) in [4.78, 5) is 0. The molecule has 3 rings (SSSR count). The van der Waals surface area contributed by atoms with E-state index in [-0.39, 0.29) is 6.04 Å². The van der Waals surface area contributed by atoms with Crippen molar-refractivity contribution in [2.45, 2.75) is 44.2 Å². The van der Waals surface area contributed by atoms with Gasteiger partial charge in [0.25, 0.3) is 0 Å². The summed E-state index contributed by atoms with van der Waals surface area (Å²) in [5.41, 5.74) is 7.40. The van der Waals surface area contributed by atoms with Gasteiger partial charge in [-0.05, 0) is 24.8 Å². The van der Waals surface area contributed by atoms with Gasteiger partial charge in [-0.1, -0.05) is 31.0 Å². The average Bonchev–Trinajstić information content (AvgIpc) is 2.82. The third kappa shape index (κ3) is 1.71. The number of hydrogen-bond donors (Lipinski definition) is 1. The van der Waals surface area contributed by atoms with Crippen LogP contribution in [0.25, 0.3) is 0 Å². The van der Waals surface area contributed by atoms with E-state index in [0.717, 1.165) is 18.1 Å². The molecule has 2 aliphatic rings. The molecular weight excluding hydrogens is 198 g/mol. The highest BCUT2D eigenvalue weighted by molar-refractivity contribution is 5.37. The minimum atomic E-state index is 0.163. The van der Waals surface area contributed by atoms with Crippen LogP contribution in [0.5, 0.6) is 5.75 Å². The van der Waals surface area contributed by atoms with Gasteiger partial charge in [-0.25, -0.2) is 0 Å². The molecule has 0 spiro atoms. The van der Waals surface area contributed by atoms with E-state index in [0.29, 0.717) is 6.10 Å². The molecule has 2 N–H and O–H groups in total. The van der Waals surface area contributed by atoms with Gasteiger partial charge in [-0.2, -0.15) is 0 Å². The molecule has 1 aromatic carbocycles. The van der Waals surface area contributed by atoms with Crippen LogP contribution in [-0.4, -0.2) is 6.10 Å². The predicted molar refractivity (Wildman–Crippen MR) is 64.4 cm³/mol. The number of benzene rings is 1. The lowest BCUT2D eigenvalue weighted by Gasteiger charge is -2.33. The van der Waals surface area contributed by atoms with Crippen molar-refractivity contribution in [1.29, 1.82) is 0 Å². The zero-order chi connectivity index (χ0) is 11.0. The van der Waals surface area contributed by atoms with Gasteiger partial charge >= 0.3 is 0 Å². The molecule has 1 aliphatic heterocycles. The molecule has 1 fully saturated rings. The lowest BCUT2D eigenvalue weighted by molar-refractivity contribution is 0.102. The van der Waals surface area contributed by atoms with Gasteiger partial charge in [0.1, 0.15) is 11.9 Å². The fraction of sp³-hybridized carbons (Fsp3) is 0.571. The van der Waals surface area contributed by atoms with Gasteiger partial charge in [0, 0.05) is 18.0 Å². The van der Waals surface area contributed by atoms with Crippen molar-refractivity contribution >= 4 is 0 Å². The Morgan fingerprint density at radius 2 is 1.88 bits per heavy atom. The zero-order valence-corrected chi connectivity index (χ0v) is 9.56. The van der Waals surface area contributed by atoms with Crippen LogP contribution in [0, 0.1) is 5.92 Å². The van der Waals surface area contributed by atoms with E-state index in [4.69, 9.17) is 10.5 Å². The number of nitrogens with two attached hydrogens (primary N) is 1. The van der Waals surface area contributed by atoms with E-state index < -0.39 is 0 Å². The summed E-state index contributed by atoms with van der Waals surface area (Å²) in [7, 11) is 0. The Kier molecular flexibility index (Phi) is 2.60. The van der Waals surface area contributed by atoms with Crippen LogP contribution >= 0.6 is 0 Å². The van der Waals surface area contributed by atoms with E-state index in [9.17, 15) is 0 Å². The molecule has 2 heteroatoms. The third-order valence-corrected chi connectivity index (χ3v) is 4.01. The van der Waals surface area contributed by atoms with Gasteiger partial charge < -0.3 is 10.5 Å². The van der Waals surface area contributed by atoms with Gasteiger partial charge in [0.05, 0.1) is 0 Å². The second kappa shape index (κ2) is 4.10. The topological polar surface area (TPSA) is 35.2 Å². The van der Waals surface area contributed by atoms with Crippen molar-refractivity contribution in [1.82, 2.24) is 0 Å². The fourth-order valence-corrected chi connectivity index (χ4v) is 3.10. The van der Waals surface area contributed by atoms with Crippen LogP contribution < -0.4 is 10.5 Å². The maximum absolute atomic E-state index is 6.22. The van der Waals surface area contributed by atoms with Crippen LogP contribution in [0.15, 0.2) is 24.3 Å². The maximum Gasteiger partial charge on any atom is 0.124 e. The van der Waals surface area contributed by atoms with E-state index in [1.807, 2.05) is 12.1 Å². The summed E-state index contributed by atoms with van der Waals surface area (Å²) in [6, 6.07) is 8.37. The monoisotopic (exact) mass is 217 g/mol. The number of rotatable bonds is 1. The van der Waals surface area contributed by atoms with Crippen molar-refractivity contribution in [3.05, 3.63) is 29.8 Å². The van der Waals surface area contributed by atoms with Crippen molar-refractivity contribution in [2.75, 3.05) is 0 Å². The fourth-order valence-electron chi connectivity index (χ4n) is 3.10. The minimum absolute atomic E-state index is 0.163. The maximum atomic E-state index is 6.22. The standard InChI is InChI=1S/C14H19NO/c15-12-9-14(10-5-1-2-6-10)16-13-8-4-3-7-11(12)13/h3-4,7-8,10,12,14H,1-2,5-6,9,15H2/t12-,14?/m0/s1. The average molecular weight is 217 g/mol. The second-order valence-corrected chi connectivity index (χ2v) is 5.08. The lowest BCUT2D eigenvalue weighted by Crippen LogP contribution is -2.34. The molecule has 1 heterocycles. The SMILES string of the molecule is N[C@H]1CC(C2CCCC2)Oc2ccccc21. The summed E-state index contributed by atoms with van der Waals surface area (Å²) in [6.07, 6.45) is 6.70. The number of hydrogen-bond acceptors (Lipinski definition) is 2. The smallest absolute Gasteiger partial charge is 0.124 e. The van der Waals surface area contributed by atoms with Gasteiger partial charge in [-0.15, -0.1) is 0 Å².